The molecule has 0 saturated heterocycles. The average Bonchev–Trinajstić information content (AvgIpc) is 1.10. The highest BCUT2D eigenvalue weighted by atomic mass is 33.1. The maximum absolute atomic E-state index is 8.74. The van der Waals surface area contributed by atoms with Crippen LogP contribution in [0, 0.1) is 0 Å². The van der Waals surface area contributed by atoms with E-state index in [1.54, 1.807) is 21.6 Å². The summed E-state index contributed by atoms with van der Waals surface area (Å²) in [7, 11) is 3.34. The Morgan fingerprint density at radius 2 is 0.157 bits per heavy atom. The normalized spacial score (nSPS) is 11.9. The van der Waals surface area contributed by atoms with Gasteiger partial charge in [0.2, 0.25) is 0 Å². The van der Waals surface area contributed by atoms with E-state index in [1.807, 2.05) is 0 Å². The van der Waals surface area contributed by atoms with Gasteiger partial charge in [-0.2, -0.15) is 0 Å². The van der Waals surface area contributed by atoms with Gasteiger partial charge in [-0.15, -0.1) is 0 Å². The van der Waals surface area contributed by atoms with Gasteiger partial charge in [-0.3, -0.25) is 0 Å². The van der Waals surface area contributed by atoms with Gasteiger partial charge in [0.1, 0.15) is 0 Å². The van der Waals surface area contributed by atoms with Crippen molar-refractivity contribution in [3.63, 3.8) is 0 Å². The second kappa shape index (κ2) is 138. The highest BCUT2D eigenvalue weighted by Gasteiger charge is 2.07. The summed E-state index contributed by atoms with van der Waals surface area (Å²) in [5.41, 5.74) is 5.36. The molecule has 0 aliphatic carbocycles. The molecule has 0 atom stereocenters. The zero-order chi connectivity index (χ0) is 99.6. The molecule has 0 aliphatic rings. The third kappa shape index (κ3) is 137. The first-order valence-corrected chi connectivity index (χ1v) is 52.4. The van der Waals surface area contributed by atoms with E-state index in [0.29, 0.717) is 588 Å². The summed E-state index contributed by atoms with van der Waals surface area (Å²) in [6.07, 6.45) is 0. The largest absolute Gasteiger partial charge is 0.395 e. The number of hydrogen-bond donors (Lipinski definition) is 2. The molecule has 842 valence electrons. The molecule has 0 aromatic carbocycles. The van der Waals surface area contributed by atoms with Crippen LogP contribution in [-0.4, -0.2) is 611 Å². The minimum atomic E-state index is 0.203. The number of nitrogens with two attached hydrogens (primary N) is 1. The molecule has 0 spiro atoms. The topological polar surface area (TPSA) is 452 Å². The zero-order valence-corrected chi connectivity index (χ0v) is 86.5. The molecule has 3 N–H and O–H groups in total. The molecular formula is C92H187NO45S2. The molecule has 0 aromatic heterocycles. The van der Waals surface area contributed by atoms with Crippen molar-refractivity contribution in [1.29, 1.82) is 0 Å². The molecule has 0 amide bonds. The van der Waals surface area contributed by atoms with Gasteiger partial charge in [-0.25, -0.2) is 0 Å². The van der Waals surface area contributed by atoms with E-state index in [9.17, 15) is 0 Å². The van der Waals surface area contributed by atoms with E-state index < -0.39 is 0 Å². The highest BCUT2D eigenvalue weighted by molar-refractivity contribution is 8.76. The SMILES string of the molecule is NCCOCCOCCOCCOCCOCCOCCOCCOCCOCCOCCOCCOCCOCCOCCOCCOCCOCCOCCOCCOCCOCCOCCOCCOCCOCCOCCOCCOCCOCCOCCOCCOCCOCCOCCOCCOCCOCCOCCOCCOCCOCCOCCOCCOCCSSCCO. The second-order valence-electron chi connectivity index (χ2n) is 28.1. The molecule has 0 radical (unpaired) electrons. The highest BCUT2D eigenvalue weighted by Crippen LogP contribution is 2.19. The van der Waals surface area contributed by atoms with Crippen LogP contribution in [0.4, 0.5) is 0 Å². The number of ether oxygens (including phenoxy) is 44. The van der Waals surface area contributed by atoms with Crippen molar-refractivity contribution < 1.29 is 214 Å². The van der Waals surface area contributed by atoms with Crippen molar-refractivity contribution >= 4 is 21.6 Å². The predicted molar refractivity (Wildman–Crippen MR) is 517 cm³/mol. The van der Waals surface area contributed by atoms with E-state index in [2.05, 4.69) is 0 Å². The van der Waals surface area contributed by atoms with Gasteiger partial charge >= 0.3 is 0 Å². The molecule has 140 heavy (non-hydrogen) atoms. The molecule has 46 nitrogen and oxygen atoms in total. The molecule has 0 bridgehead atoms. The lowest BCUT2D eigenvalue weighted by Crippen LogP contribution is -2.16. The maximum atomic E-state index is 8.74. The number of aliphatic hydroxyl groups excluding tert-OH is 1. The second-order valence-corrected chi connectivity index (χ2v) is 30.8. The van der Waals surface area contributed by atoms with Gasteiger partial charge in [0.25, 0.3) is 0 Å². The molecule has 0 heterocycles. The summed E-state index contributed by atoms with van der Waals surface area (Å²) < 4.78 is 243. The molecule has 0 fully saturated rings. The van der Waals surface area contributed by atoms with Crippen molar-refractivity contribution in [2.45, 2.75) is 0 Å². The summed E-state index contributed by atoms with van der Waals surface area (Å²) in [5.74, 6) is 1.64. The maximum Gasteiger partial charge on any atom is 0.0701 e. The van der Waals surface area contributed by atoms with E-state index in [1.165, 1.54) is 0 Å². The smallest absolute Gasteiger partial charge is 0.0701 e. The Morgan fingerprint density at radius 1 is 0.0929 bits per heavy atom. The van der Waals surface area contributed by atoms with Crippen molar-refractivity contribution in [3.05, 3.63) is 0 Å². The van der Waals surface area contributed by atoms with Crippen LogP contribution in [0.3, 0.4) is 0 Å². The summed E-state index contributed by atoms with van der Waals surface area (Å²) >= 11 is 0. The predicted octanol–water partition coefficient (Wildman–Crippen LogP) is 1.05. The molecule has 0 aliphatic heterocycles. The number of hydrogen-bond acceptors (Lipinski definition) is 48. The van der Waals surface area contributed by atoms with Gasteiger partial charge < -0.3 is 219 Å². The van der Waals surface area contributed by atoms with Crippen LogP contribution in [0.2, 0.25) is 0 Å². The van der Waals surface area contributed by atoms with Gasteiger partial charge in [0.15, 0.2) is 0 Å². The fourth-order valence-electron chi connectivity index (χ4n) is 9.89. The Labute approximate surface area is 843 Å². The quantitative estimate of drug-likeness (QED) is 0.0635. The van der Waals surface area contributed by atoms with E-state index in [0.717, 1.165) is 11.5 Å². The lowest BCUT2D eigenvalue weighted by atomic mass is 10.6. The van der Waals surface area contributed by atoms with Crippen molar-refractivity contribution in [2.75, 3.05) is 606 Å². The number of rotatable bonds is 137. The standard InChI is InChI=1S/C92H187NO45S2/c93-1-3-95-4-5-96-6-7-97-8-9-98-10-11-99-12-13-100-14-15-101-16-17-102-18-19-103-20-21-104-22-23-105-24-25-106-26-27-107-28-29-108-30-31-109-32-33-110-34-35-111-36-37-112-38-39-113-40-41-114-42-43-115-44-45-116-46-47-117-48-49-118-50-51-119-52-53-120-54-55-121-56-57-122-58-59-123-60-61-124-62-63-125-64-65-126-66-67-127-68-69-128-70-71-129-72-73-130-74-75-131-76-77-132-78-79-133-80-81-134-82-83-135-84-85-136-86-87-137-88-89-138-90-92-140-139-91-2-94/h94H,1-93H2. The van der Waals surface area contributed by atoms with Gasteiger partial charge in [-0.1, -0.05) is 21.6 Å². The zero-order valence-electron chi connectivity index (χ0n) is 84.9. The first-order valence-electron chi connectivity index (χ1n) is 49.9. The van der Waals surface area contributed by atoms with Crippen LogP contribution >= 0.6 is 21.6 Å². The summed E-state index contributed by atoms with van der Waals surface area (Å²) in [6, 6.07) is 0. The summed E-state index contributed by atoms with van der Waals surface area (Å²) in [4.78, 5) is 0. The Kier molecular flexibility index (Phi) is 137. The van der Waals surface area contributed by atoms with E-state index >= 15 is 0 Å². The third-order valence-corrected chi connectivity index (χ3v) is 19.2. The number of aliphatic hydroxyl groups is 1. The summed E-state index contributed by atoms with van der Waals surface area (Å²) in [5, 5.41) is 8.74. The molecular weight excluding hydrogens is 1900 g/mol. The van der Waals surface area contributed by atoms with Gasteiger partial charge in [0, 0.05) is 18.1 Å². The molecule has 0 saturated carbocycles. The first-order chi connectivity index (χ1) is 69.9. The Morgan fingerprint density at radius 3 is 0.229 bits per heavy atom. The van der Waals surface area contributed by atoms with Crippen LogP contribution in [-0.2, 0) is 208 Å². The van der Waals surface area contributed by atoms with E-state index in [-0.39, 0.29) is 6.61 Å². The van der Waals surface area contributed by atoms with Gasteiger partial charge in [-0.05, 0) is 0 Å². The monoisotopic (exact) mass is 2090 g/mol. The van der Waals surface area contributed by atoms with Crippen molar-refractivity contribution in [2.24, 2.45) is 5.73 Å². The fourth-order valence-corrected chi connectivity index (χ4v) is 11.5. The third-order valence-electron chi connectivity index (χ3n) is 16.8. The van der Waals surface area contributed by atoms with Crippen LogP contribution in [0.5, 0.6) is 0 Å². The van der Waals surface area contributed by atoms with Gasteiger partial charge in [0.05, 0.1) is 588 Å². The van der Waals surface area contributed by atoms with Crippen LogP contribution in [0.1, 0.15) is 0 Å². The van der Waals surface area contributed by atoms with Crippen LogP contribution in [0.25, 0.3) is 0 Å². The molecule has 0 unspecified atom stereocenters. The Bertz CT molecular complexity index is 1800. The van der Waals surface area contributed by atoms with Crippen LogP contribution < -0.4 is 5.73 Å². The van der Waals surface area contributed by atoms with Crippen molar-refractivity contribution in [3.8, 4) is 0 Å². The average molecular weight is 2090 g/mol. The van der Waals surface area contributed by atoms with Crippen molar-refractivity contribution in [1.82, 2.24) is 0 Å². The minimum Gasteiger partial charge on any atom is -0.395 e. The lowest BCUT2D eigenvalue weighted by molar-refractivity contribution is -0.0329. The Balaban J connectivity index is 3.10. The van der Waals surface area contributed by atoms with Crippen LogP contribution in [0.15, 0.2) is 0 Å². The summed E-state index contributed by atoms with van der Waals surface area (Å²) in [6.45, 7) is 43.6. The molecule has 48 heteroatoms. The molecule has 0 aromatic rings. The fraction of sp³-hybridized carbons (Fsp3) is 1.00. The molecule has 0 rings (SSSR count). The Hall–Kier alpha value is -1.14. The first kappa shape index (κ1) is 139. The minimum absolute atomic E-state index is 0.203. The lowest BCUT2D eigenvalue weighted by Gasteiger charge is -2.09. The van der Waals surface area contributed by atoms with E-state index in [4.69, 9.17) is 219 Å².